The zero-order valence-corrected chi connectivity index (χ0v) is 18.0. The van der Waals surface area contributed by atoms with Gasteiger partial charge in [-0.2, -0.15) is 0 Å². The number of carbonyl (C=O) groups is 1. The number of nitrogens with zero attached hydrogens (tertiary/aromatic N) is 3. The summed E-state index contributed by atoms with van der Waals surface area (Å²) in [5.74, 6) is 1.43. The van der Waals surface area contributed by atoms with Crippen molar-refractivity contribution in [3.8, 4) is 0 Å². The first kappa shape index (κ1) is 19.2. The topological polar surface area (TPSA) is 58.1 Å². The first-order valence-electron chi connectivity index (χ1n) is 9.51. The van der Waals surface area contributed by atoms with E-state index >= 15 is 0 Å². The molecule has 1 N–H and O–H groups in total. The Labute approximate surface area is 173 Å². The van der Waals surface area contributed by atoms with Crippen molar-refractivity contribution >= 4 is 50.7 Å². The van der Waals surface area contributed by atoms with Crippen LogP contribution in [0.5, 0.6) is 0 Å². The van der Waals surface area contributed by atoms with Crippen LogP contribution in [-0.2, 0) is 0 Å². The highest BCUT2D eigenvalue weighted by Crippen LogP contribution is 2.36. The number of amides is 1. The molecule has 4 rings (SSSR count). The van der Waals surface area contributed by atoms with Gasteiger partial charge in [-0.25, -0.2) is 9.97 Å². The lowest BCUT2D eigenvalue weighted by Crippen LogP contribution is -2.35. The van der Waals surface area contributed by atoms with E-state index in [1.165, 1.54) is 11.3 Å². The Bertz CT molecular complexity index is 1000. The van der Waals surface area contributed by atoms with E-state index in [1.54, 1.807) is 29.4 Å². The van der Waals surface area contributed by atoms with Crippen LogP contribution in [0.4, 0.5) is 11.5 Å². The number of anilines is 2. The Kier molecular flexibility index (Phi) is 5.55. The van der Waals surface area contributed by atoms with E-state index in [0.29, 0.717) is 11.5 Å². The van der Waals surface area contributed by atoms with Crippen molar-refractivity contribution in [1.82, 2.24) is 9.97 Å². The van der Waals surface area contributed by atoms with Gasteiger partial charge in [0.05, 0.1) is 10.9 Å². The first-order chi connectivity index (χ1) is 13.6. The molecular weight excluding hydrogens is 388 g/mol. The van der Waals surface area contributed by atoms with Crippen molar-refractivity contribution in [3.63, 3.8) is 0 Å². The molecule has 0 spiro atoms. The van der Waals surface area contributed by atoms with Crippen LogP contribution in [0, 0.1) is 12.8 Å². The average Bonchev–Trinajstić information content (AvgIpc) is 3.04. The summed E-state index contributed by atoms with van der Waals surface area (Å²) < 4.78 is 0. The molecule has 0 radical (unpaired) electrons. The lowest BCUT2D eigenvalue weighted by atomic mass is 10.00. The maximum absolute atomic E-state index is 13.2. The highest BCUT2D eigenvalue weighted by Gasteiger charge is 2.25. The van der Waals surface area contributed by atoms with Crippen molar-refractivity contribution in [2.45, 2.75) is 31.6 Å². The summed E-state index contributed by atoms with van der Waals surface area (Å²) >= 11 is 3.24. The Balaban J connectivity index is 1.71. The fraction of sp³-hybridized carbons (Fsp3) is 0.381. The minimum atomic E-state index is -0.0956. The molecule has 28 heavy (non-hydrogen) atoms. The molecule has 1 atom stereocenters. The van der Waals surface area contributed by atoms with Gasteiger partial charge in [0.1, 0.15) is 17.0 Å². The second-order valence-corrected chi connectivity index (χ2v) is 9.37. The fourth-order valence-electron chi connectivity index (χ4n) is 3.79. The minimum absolute atomic E-state index is 0.0956. The smallest absolute Gasteiger partial charge is 0.257 e. The molecule has 7 heteroatoms. The van der Waals surface area contributed by atoms with Crippen LogP contribution in [0.25, 0.3) is 10.2 Å². The number of fused-ring (bicyclic) bond motifs is 1. The van der Waals surface area contributed by atoms with E-state index in [1.807, 2.05) is 37.4 Å². The fourth-order valence-corrected chi connectivity index (χ4v) is 5.18. The number of piperidine rings is 1. The molecule has 1 amide bonds. The Morgan fingerprint density at radius 2 is 2.07 bits per heavy atom. The third kappa shape index (κ3) is 3.73. The molecule has 1 fully saturated rings. The van der Waals surface area contributed by atoms with Crippen LogP contribution in [-0.4, -0.2) is 35.2 Å². The SMILES string of the molecule is CSc1ccc(NC(=O)c2c(C)sc3ncnc(N4CCC[C@H](C)C4)c23)cc1. The van der Waals surface area contributed by atoms with Crippen LogP contribution >= 0.6 is 23.1 Å². The first-order valence-corrected chi connectivity index (χ1v) is 11.6. The van der Waals surface area contributed by atoms with Crippen LogP contribution in [0.3, 0.4) is 0 Å². The second-order valence-electron chi connectivity index (χ2n) is 7.29. The molecule has 3 heterocycles. The summed E-state index contributed by atoms with van der Waals surface area (Å²) in [6, 6.07) is 7.92. The summed E-state index contributed by atoms with van der Waals surface area (Å²) in [6.07, 6.45) is 6.05. The molecule has 1 saturated heterocycles. The predicted molar refractivity (Wildman–Crippen MR) is 119 cm³/mol. The van der Waals surface area contributed by atoms with E-state index in [-0.39, 0.29) is 5.91 Å². The Morgan fingerprint density at radius 3 is 2.79 bits per heavy atom. The molecule has 146 valence electrons. The van der Waals surface area contributed by atoms with Crippen molar-refractivity contribution in [3.05, 3.63) is 41.0 Å². The monoisotopic (exact) mass is 412 g/mol. The number of thiophene rings is 1. The van der Waals surface area contributed by atoms with Gasteiger partial charge >= 0.3 is 0 Å². The van der Waals surface area contributed by atoms with Crippen molar-refractivity contribution in [2.75, 3.05) is 29.6 Å². The normalized spacial score (nSPS) is 17.1. The van der Waals surface area contributed by atoms with E-state index in [9.17, 15) is 4.79 Å². The van der Waals surface area contributed by atoms with E-state index in [0.717, 1.165) is 46.1 Å². The number of thioether (sulfide) groups is 1. The molecule has 1 aliphatic rings. The van der Waals surface area contributed by atoms with Crippen molar-refractivity contribution in [2.24, 2.45) is 5.92 Å². The van der Waals surface area contributed by atoms with Gasteiger partial charge in [-0.15, -0.1) is 23.1 Å². The summed E-state index contributed by atoms with van der Waals surface area (Å²) in [5, 5.41) is 3.94. The molecule has 3 aromatic rings. The lowest BCUT2D eigenvalue weighted by molar-refractivity contribution is 0.102. The molecule has 0 aliphatic carbocycles. The average molecular weight is 413 g/mol. The molecule has 0 saturated carbocycles. The molecule has 0 unspecified atom stereocenters. The summed E-state index contributed by atoms with van der Waals surface area (Å²) in [7, 11) is 0. The third-order valence-corrected chi connectivity index (χ3v) is 6.93. The maximum Gasteiger partial charge on any atom is 0.257 e. The number of carbonyl (C=O) groups excluding carboxylic acids is 1. The zero-order chi connectivity index (χ0) is 19.7. The van der Waals surface area contributed by atoms with Gasteiger partial charge in [-0.3, -0.25) is 4.79 Å². The van der Waals surface area contributed by atoms with Crippen molar-refractivity contribution in [1.29, 1.82) is 0 Å². The van der Waals surface area contributed by atoms with Crippen LogP contribution in [0.15, 0.2) is 35.5 Å². The number of benzene rings is 1. The quantitative estimate of drug-likeness (QED) is 0.596. The van der Waals surface area contributed by atoms with Gasteiger partial charge in [-0.1, -0.05) is 6.92 Å². The van der Waals surface area contributed by atoms with Crippen LogP contribution in [0.2, 0.25) is 0 Å². The van der Waals surface area contributed by atoms with Gasteiger partial charge in [0, 0.05) is 28.5 Å². The molecular formula is C21H24N4OS2. The number of hydrogen-bond donors (Lipinski definition) is 1. The van der Waals surface area contributed by atoms with E-state index in [2.05, 4.69) is 27.1 Å². The minimum Gasteiger partial charge on any atom is -0.356 e. The lowest BCUT2D eigenvalue weighted by Gasteiger charge is -2.32. The number of rotatable bonds is 4. The second kappa shape index (κ2) is 8.09. The summed E-state index contributed by atoms with van der Waals surface area (Å²) in [5.41, 5.74) is 1.49. The van der Waals surface area contributed by atoms with E-state index < -0.39 is 0 Å². The predicted octanol–water partition coefficient (Wildman–Crippen LogP) is 5.21. The van der Waals surface area contributed by atoms with Gasteiger partial charge < -0.3 is 10.2 Å². The highest BCUT2D eigenvalue weighted by molar-refractivity contribution is 7.98. The summed E-state index contributed by atoms with van der Waals surface area (Å²) in [4.78, 5) is 27.6. The Hall–Kier alpha value is -2.12. The molecule has 1 aromatic carbocycles. The molecule has 1 aliphatic heterocycles. The van der Waals surface area contributed by atoms with Gasteiger partial charge in [0.2, 0.25) is 0 Å². The molecule has 5 nitrogen and oxygen atoms in total. The number of nitrogens with one attached hydrogen (secondary N) is 1. The maximum atomic E-state index is 13.2. The molecule has 0 bridgehead atoms. The van der Waals surface area contributed by atoms with Gasteiger partial charge in [0.15, 0.2) is 0 Å². The number of aryl methyl sites for hydroxylation is 1. The highest BCUT2D eigenvalue weighted by atomic mass is 32.2. The largest absolute Gasteiger partial charge is 0.356 e. The van der Waals surface area contributed by atoms with E-state index in [4.69, 9.17) is 0 Å². The number of aromatic nitrogens is 2. The zero-order valence-electron chi connectivity index (χ0n) is 16.4. The van der Waals surface area contributed by atoms with Crippen molar-refractivity contribution < 1.29 is 4.79 Å². The summed E-state index contributed by atoms with van der Waals surface area (Å²) in [6.45, 7) is 6.21. The van der Waals surface area contributed by atoms with Gasteiger partial charge in [-0.05, 0) is 56.2 Å². The van der Waals surface area contributed by atoms with Gasteiger partial charge in [0.25, 0.3) is 5.91 Å². The standard InChI is InChI=1S/C21H24N4OS2/c1-13-5-4-10-25(11-13)19-18-17(14(2)28-21(18)23-12-22-19)20(26)24-15-6-8-16(27-3)9-7-15/h6-9,12-13H,4-5,10-11H2,1-3H3,(H,24,26)/t13-/m0/s1. The molecule has 2 aromatic heterocycles. The van der Waals surface area contributed by atoms with Crippen LogP contribution < -0.4 is 10.2 Å². The van der Waals surface area contributed by atoms with Crippen LogP contribution in [0.1, 0.15) is 35.0 Å². The third-order valence-electron chi connectivity index (χ3n) is 5.18. The number of hydrogen-bond acceptors (Lipinski definition) is 6. The Morgan fingerprint density at radius 1 is 1.29 bits per heavy atom.